The van der Waals surface area contributed by atoms with Crippen LogP contribution >= 0.6 is 0 Å². The topological polar surface area (TPSA) is 48.4 Å². The third-order valence-corrected chi connectivity index (χ3v) is 4.00. The number of pyridine rings is 1. The van der Waals surface area contributed by atoms with Crippen molar-refractivity contribution in [2.75, 3.05) is 7.11 Å². The van der Waals surface area contributed by atoms with Gasteiger partial charge in [0.2, 0.25) is 0 Å². The highest BCUT2D eigenvalue weighted by atomic mass is 16.5. The molecule has 0 radical (unpaired) electrons. The van der Waals surface area contributed by atoms with Crippen molar-refractivity contribution in [1.82, 2.24) is 4.98 Å². The van der Waals surface area contributed by atoms with Crippen LogP contribution in [-0.2, 0) is 16.1 Å². The summed E-state index contributed by atoms with van der Waals surface area (Å²) >= 11 is 0. The molecular weight excluding hydrogens is 254 g/mol. The lowest BCUT2D eigenvalue weighted by atomic mass is 9.76. The summed E-state index contributed by atoms with van der Waals surface area (Å²) in [7, 11) is 1.37. The Bertz CT molecular complexity index is 443. The quantitative estimate of drug-likeness (QED) is 0.792. The summed E-state index contributed by atoms with van der Waals surface area (Å²) in [5, 5.41) is 0. The molecule has 1 heterocycles. The molecule has 4 nitrogen and oxygen atoms in total. The van der Waals surface area contributed by atoms with E-state index >= 15 is 0 Å². The normalized spacial score (nSPS) is 18.8. The van der Waals surface area contributed by atoms with Crippen LogP contribution in [0.2, 0.25) is 0 Å². The van der Waals surface area contributed by atoms with Crippen molar-refractivity contribution in [2.45, 2.75) is 52.2 Å². The molecule has 20 heavy (non-hydrogen) atoms. The molecule has 2 rings (SSSR count). The van der Waals surface area contributed by atoms with Crippen molar-refractivity contribution in [3.05, 3.63) is 29.6 Å². The van der Waals surface area contributed by atoms with E-state index in [0.717, 1.165) is 18.5 Å². The summed E-state index contributed by atoms with van der Waals surface area (Å²) in [6.07, 6.45) is 6.54. The van der Waals surface area contributed by atoms with E-state index < -0.39 is 0 Å². The first-order chi connectivity index (χ1) is 9.50. The van der Waals surface area contributed by atoms with E-state index in [0.29, 0.717) is 23.7 Å². The minimum Gasteiger partial charge on any atom is -0.465 e. The molecule has 0 bridgehead atoms. The molecule has 1 aromatic rings. The van der Waals surface area contributed by atoms with Gasteiger partial charge in [-0.1, -0.05) is 13.8 Å². The number of methoxy groups -OCH3 is 1. The highest BCUT2D eigenvalue weighted by Gasteiger charge is 2.27. The van der Waals surface area contributed by atoms with Crippen LogP contribution in [0.15, 0.2) is 18.3 Å². The molecule has 0 spiro atoms. The van der Waals surface area contributed by atoms with Crippen LogP contribution in [0.4, 0.5) is 0 Å². The minimum atomic E-state index is -0.362. The third-order valence-electron chi connectivity index (χ3n) is 4.00. The summed E-state index contributed by atoms with van der Waals surface area (Å²) in [6.45, 7) is 5.14. The molecule has 0 aliphatic heterocycles. The first-order valence-corrected chi connectivity index (χ1v) is 7.15. The maximum atomic E-state index is 11.3. The average molecular weight is 277 g/mol. The van der Waals surface area contributed by atoms with E-state index in [1.165, 1.54) is 26.1 Å². The maximum absolute atomic E-state index is 11.3. The van der Waals surface area contributed by atoms with E-state index in [4.69, 9.17) is 4.74 Å². The number of esters is 1. The molecule has 110 valence electrons. The van der Waals surface area contributed by atoms with Gasteiger partial charge >= 0.3 is 5.97 Å². The number of ether oxygens (including phenoxy) is 2. The lowest BCUT2D eigenvalue weighted by Gasteiger charge is -2.34. The van der Waals surface area contributed by atoms with E-state index in [2.05, 4.69) is 23.6 Å². The molecule has 1 aliphatic carbocycles. The summed E-state index contributed by atoms with van der Waals surface area (Å²) in [5.74, 6) is -0.362. The van der Waals surface area contributed by atoms with Crippen molar-refractivity contribution in [3.8, 4) is 0 Å². The van der Waals surface area contributed by atoms with E-state index in [1.807, 2.05) is 6.07 Å². The van der Waals surface area contributed by atoms with Crippen molar-refractivity contribution in [1.29, 1.82) is 0 Å². The second-order valence-electron chi connectivity index (χ2n) is 6.20. The van der Waals surface area contributed by atoms with Crippen LogP contribution in [0.5, 0.6) is 0 Å². The lowest BCUT2D eigenvalue weighted by molar-refractivity contribution is -0.00689. The van der Waals surface area contributed by atoms with Crippen LogP contribution in [0, 0.1) is 5.41 Å². The predicted molar refractivity (Wildman–Crippen MR) is 76.4 cm³/mol. The van der Waals surface area contributed by atoms with Crippen LogP contribution < -0.4 is 0 Å². The Hall–Kier alpha value is -1.42. The SMILES string of the molecule is COC(=O)c1ccc(COC2CCC(C)(C)CC2)nc1. The Morgan fingerprint density at radius 2 is 2.05 bits per heavy atom. The number of carbonyl (C=O) groups excluding carboxylic acids is 1. The Labute approximate surface area is 120 Å². The van der Waals surface area contributed by atoms with Gasteiger partial charge in [-0.05, 0) is 43.2 Å². The zero-order valence-corrected chi connectivity index (χ0v) is 12.5. The van der Waals surface area contributed by atoms with Gasteiger partial charge in [-0.15, -0.1) is 0 Å². The van der Waals surface area contributed by atoms with Crippen molar-refractivity contribution in [2.24, 2.45) is 5.41 Å². The number of aromatic nitrogens is 1. The number of rotatable bonds is 4. The van der Waals surface area contributed by atoms with Gasteiger partial charge in [0.05, 0.1) is 31.1 Å². The van der Waals surface area contributed by atoms with Gasteiger partial charge in [0, 0.05) is 6.20 Å². The van der Waals surface area contributed by atoms with Crippen molar-refractivity contribution in [3.63, 3.8) is 0 Å². The summed E-state index contributed by atoms with van der Waals surface area (Å²) in [6, 6.07) is 3.54. The molecular formula is C16H23NO3. The fraction of sp³-hybridized carbons (Fsp3) is 0.625. The Balaban J connectivity index is 1.81. The summed E-state index contributed by atoms with van der Waals surface area (Å²) in [5.41, 5.74) is 1.78. The largest absolute Gasteiger partial charge is 0.465 e. The van der Waals surface area contributed by atoms with Crippen LogP contribution in [0.25, 0.3) is 0 Å². The number of hydrogen-bond donors (Lipinski definition) is 0. The van der Waals surface area contributed by atoms with Gasteiger partial charge in [-0.2, -0.15) is 0 Å². The smallest absolute Gasteiger partial charge is 0.339 e. The highest BCUT2D eigenvalue weighted by Crippen LogP contribution is 2.36. The summed E-state index contributed by atoms with van der Waals surface area (Å²) in [4.78, 5) is 15.5. The highest BCUT2D eigenvalue weighted by molar-refractivity contribution is 5.88. The fourth-order valence-electron chi connectivity index (χ4n) is 2.49. The fourth-order valence-corrected chi connectivity index (χ4v) is 2.49. The van der Waals surface area contributed by atoms with Crippen molar-refractivity contribution >= 4 is 5.97 Å². The maximum Gasteiger partial charge on any atom is 0.339 e. The predicted octanol–water partition coefficient (Wildman–Crippen LogP) is 3.35. The van der Waals surface area contributed by atoms with Gasteiger partial charge in [0.1, 0.15) is 0 Å². The molecule has 1 saturated carbocycles. The van der Waals surface area contributed by atoms with E-state index in [9.17, 15) is 4.79 Å². The van der Waals surface area contributed by atoms with Gasteiger partial charge in [0.25, 0.3) is 0 Å². The minimum absolute atomic E-state index is 0.338. The molecule has 0 unspecified atom stereocenters. The molecule has 1 fully saturated rings. The lowest BCUT2D eigenvalue weighted by Crippen LogP contribution is -2.26. The molecule has 0 atom stereocenters. The number of nitrogens with zero attached hydrogens (tertiary/aromatic N) is 1. The van der Waals surface area contributed by atoms with Crippen LogP contribution in [0.3, 0.4) is 0 Å². The molecule has 0 aromatic carbocycles. The monoisotopic (exact) mass is 277 g/mol. The first kappa shape index (κ1) is 15.0. The van der Waals surface area contributed by atoms with Crippen LogP contribution in [-0.4, -0.2) is 24.2 Å². The van der Waals surface area contributed by atoms with E-state index in [1.54, 1.807) is 6.07 Å². The first-order valence-electron chi connectivity index (χ1n) is 7.15. The zero-order valence-electron chi connectivity index (χ0n) is 12.5. The van der Waals surface area contributed by atoms with Crippen LogP contribution in [0.1, 0.15) is 55.6 Å². The molecule has 1 aliphatic rings. The third kappa shape index (κ3) is 4.04. The van der Waals surface area contributed by atoms with Gasteiger partial charge in [-0.25, -0.2) is 4.79 Å². The average Bonchev–Trinajstić information content (AvgIpc) is 2.46. The van der Waals surface area contributed by atoms with Gasteiger partial charge in [0.15, 0.2) is 0 Å². The van der Waals surface area contributed by atoms with Gasteiger partial charge in [-0.3, -0.25) is 4.98 Å². The Morgan fingerprint density at radius 3 is 2.60 bits per heavy atom. The van der Waals surface area contributed by atoms with E-state index in [-0.39, 0.29) is 5.97 Å². The summed E-state index contributed by atoms with van der Waals surface area (Å²) < 4.78 is 10.6. The number of carbonyl (C=O) groups is 1. The second kappa shape index (κ2) is 6.35. The Morgan fingerprint density at radius 1 is 1.35 bits per heavy atom. The second-order valence-corrected chi connectivity index (χ2v) is 6.20. The molecule has 1 aromatic heterocycles. The zero-order chi connectivity index (χ0) is 14.6. The molecule has 0 N–H and O–H groups in total. The number of hydrogen-bond acceptors (Lipinski definition) is 4. The molecule has 4 heteroatoms. The van der Waals surface area contributed by atoms with Crippen molar-refractivity contribution < 1.29 is 14.3 Å². The Kier molecular flexibility index (Phi) is 4.76. The standard InChI is InChI=1S/C16H23NO3/c1-16(2)8-6-14(7-9-16)20-11-13-5-4-12(10-17-13)15(18)19-3/h4-5,10,14H,6-9,11H2,1-3H3. The van der Waals surface area contributed by atoms with Gasteiger partial charge < -0.3 is 9.47 Å². The molecule has 0 amide bonds. The molecule has 0 saturated heterocycles.